The molecule has 2 heteroatoms. The summed E-state index contributed by atoms with van der Waals surface area (Å²) in [5, 5.41) is 3.58. The van der Waals surface area contributed by atoms with Gasteiger partial charge in [-0.05, 0) is 58.8 Å². The molecule has 1 aliphatic heterocycles. The summed E-state index contributed by atoms with van der Waals surface area (Å²) in [4.78, 5) is 0. The molecule has 0 saturated heterocycles. The average molecular weight is 279 g/mol. The van der Waals surface area contributed by atoms with Gasteiger partial charge < -0.3 is 10.1 Å². The molecule has 0 aromatic heterocycles. The van der Waals surface area contributed by atoms with Gasteiger partial charge in [0.1, 0.15) is 0 Å². The minimum Gasteiger partial charge on any atom is -0.372 e. The number of aryl methyl sites for hydroxylation is 1. The Balaban J connectivity index is 1.68. The zero-order valence-corrected chi connectivity index (χ0v) is 12.5. The molecule has 0 amide bonds. The minimum atomic E-state index is 0.549. The van der Waals surface area contributed by atoms with Crippen LogP contribution in [-0.2, 0) is 24.4 Å². The molecule has 2 aromatic carbocycles. The molecule has 2 nitrogen and oxygen atoms in total. The predicted molar refractivity (Wildman–Crippen MR) is 85.1 cm³/mol. The lowest BCUT2D eigenvalue weighted by Gasteiger charge is -2.13. The molecule has 108 valence electrons. The van der Waals surface area contributed by atoms with Gasteiger partial charge in [-0.1, -0.05) is 37.3 Å². The molecular weight excluding hydrogens is 258 g/mol. The van der Waals surface area contributed by atoms with Gasteiger partial charge in [-0.2, -0.15) is 0 Å². The van der Waals surface area contributed by atoms with Crippen LogP contribution in [0.4, 0.5) is 0 Å². The molecule has 4 rings (SSSR count). The zero-order chi connectivity index (χ0) is 14.2. The molecule has 0 spiro atoms. The Bertz CT molecular complexity index is 677. The summed E-state index contributed by atoms with van der Waals surface area (Å²) in [5.74, 6) is 0. The van der Waals surface area contributed by atoms with Crippen LogP contribution >= 0.6 is 0 Å². The fourth-order valence-corrected chi connectivity index (χ4v) is 3.61. The van der Waals surface area contributed by atoms with Crippen molar-refractivity contribution in [1.29, 1.82) is 0 Å². The Kier molecular flexibility index (Phi) is 3.28. The first-order chi connectivity index (χ1) is 10.3. The fourth-order valence-electron chi connectivity index (χ4n) is 3.61. The number of rotatable bonds is 3. The minimum absolute atomic E-state index is 0.549. The second-order valence-electron chi connectivity index (χ2n) is 6.04. The predicted octanol–water partition coefficient (Wildman–Crippen LogP) is 3.98. The van der Waals surface area contributed by atoms with Crippen molar-refractivity contribution in [3.63, 3.8) is 0 Å². The van der Waals surface area contributed by atoms with Crippen molar-refractivity contribution in [2.75, 3.05) is 6.54 Å². The molecule has 1 aliphatic carbocycles. The normalized spacial score (nSPS) is 19.6. The molecule has 21 heavy (non-hydrogen) atoms. The molecule has 0 radical (unpaired) electrons. The third-order valence-corrected chi connectivity index (χ3v) is 4.73. The van der Waals surface area contributed by atoms with Crippen molar-refractivity contribution < 1.29 is 4.74 Å². The summed E-state index contributed by atoms with van der Waals surface area (Å²) in [6.07, 6.45) is 2.42. The molecular formula is C19H21NO. The van der Waals surface area contributed by atoms with Gasteiger partial charge in [0.25, 0.3) is 0 Å². The summed E-state index contributed by atoms with van der Waals surface area (Å²) >= 11 is 0. The maximum Gasteiger partial charge on any atom is 0.0725 e. The average Bonchev–Trinajstić information content (AvgIpc) is 3.13. The standard InChI is InChI=1S/C19H21NO/c1-2-20-19-8-6-15-9-14(5-7-18(15)19)13-3-4-16-11-21-12-17(16)10-13/h3-5,7,9-10,19-20H,2,6,8,11-12H2,1H3. The van der Waals surface area contributed by atoms with Crippen LogP contribution in [0.15, 0.2) is 36.4 Å². The van der Waals surface area contributed by atoms with Gasteiger partial charge >= 0.3 is 0 Å². The van der Waals surface area contributed by atoms with Crippen molar-refractivity contribution >= 4 is 0 Å². The highest BCUT2D eigenvalue weighted by Gasteiger charge is 2.22. The quantitative estimate of drug-likeness (QED) is 0.917. The van der Waals surface area contributed by atoms with E-state index in [1.807, 2.05) is 0 Å². The Morgan fingerprint density at radius 2 is 1.76 bits per heavy atom. The van der Waals surface area contributed by atoms with Gasteiger partial charge in [-0.15, -0.1) is 0 Å². The summed E-state index contributed by atoms with van der Waals surface area (Å²) in [7, 11) is 0. The first kappa shape index (κ1) is 13.1. The number of benzene rings is 2. The second-order valence-corrected chi connectivity index (χ2v) is 6.04. The molecule has 2 aliphatic rings. The van der Waals surface area contributed by atoms with Crippen molar-refractivity contribution in [2.24, 2.45) is 0 Å². The van der Waals surface area contributed by atoms with E-state index in [0.717, 1.165) is 19.8 Å². The van der Waals surface area contributed by atoms with E-state index in [4.69, 9.17) is 4.74 Å². The highest BCUT2D eigenvalue weighted by atomic mass is 16.5. The van der Waals surface area contributed by atoms with E-state index >= 15 is 0 Å². The van der Waals surface area contributed by atoms with Crippen LogP contribution in [0.5, 0.6) is 0 Å². The van der Waals surface area contributed by atoms with Crippen LogP contribution in [0.1, 0.15) is 41.6 Å². The van der Waals surface area contributed by atoms with Gasteiger partial charge in [0.15, 0.2) is 0 Å². The van der Waals surface area contributed by atoms with E-state index in [1.165, 1.54) is 46.2 Å². The monoisotopic (exact) mass is 279 g/mol. The third-order valence-electron chi connectivity index (χ3n) is 4.73. The van der Waals surface area contributed by atoms with Crippen molar-refractivity contribution in [3.05, 3.63) is 58.7 Å². The number of nitrogens with one attached hydrogen (secondary N) is 1. The van der Waals surface area contributed by atoms with Gasteiger partial charge in [-0.25, -0.2) is 0 Å². The number of fused-ring (bicyclic) bond motifs is 2. The Labute approximate surface area is 126 Å². The molecule has 1 atom stereocenters. The molecule has 1 unspecified atom stereocenters. The molecule has 1 N–H and O–H groups in total. The largest absolute Gasteiger partial charge is 0.372 e. The molecule has 0 bridgehead atoms. The third kappa shape index (κ3) is 2.29. The molecule has 2 aromatic rings. The van der Waals surface area contributed by atoms with Crippen LogP contribution in [-0.4, -0.2) is 6.54 Å². The topological polar surface area (TPSA) is 21.3 Å². The van der Waals surface area contributed by atoms with Crippen molar-refractivity contribution in [1.82, 2.24) is 5.32 Å². The summed E-state index contributed by atoms with van der Waals surface area (Å²) < 4.78 is 5.51. The SMILES string of the molecule is CCNC1CCc2cc(-c3ccc4c(c3)COC4)ccc21. The van der Waals surface area contributed by atoms with E-state index in [2.05, 4.69) is 48.6 Å². The second kappa shape index (κ2) is 5.28. The lowest BCUT2D eigenvalue weighted by molar-refractivity contribution is 0.134. The Hall–Kier alpha value is -1.64. The number of ether oxygens (including phenoxy) is 1. The summed E-state index contributed by atoms with van der Waals surface area (Å²) in [6.45, 7) is 4.75. The van der Waals surface area contributed by atoms with Crippen LogP contribution in [0.2, 0.25) is 0 Å². The van der Waals surface area contributed by atoms with Gasteiger partial charge in [-0.3, -0.25) is 0 Å². The lowest BCUT2D eigenvalue weighted by Crippen LogP contribution is -2.18. The van der Waals surface area contributed by atoms with Crippen LogP contribution in [0.25, 0.3) is 11.1 Å². The number of hydrogen-bond acceptors (Lipinski definition) is 2. The summed E-state index contributed by atoms with van der Waals surface area (Å²) in [5.41, 5.74) is 8.33. The van der Waals surface area contributed by atoms with Crippen LogP contribution < -0.4 is 5.32 Å². The molecule has 0 saturated carbocycles. The molecule has 0 fully saturated rings. The lowest BCUT2D eigenvalue weighted by atomic mass is 9.97. The van der Waals surface area contributed by atoms with Crippen molar-refractivity contribution in [3.8, 4) is 11.1 Å². The highest BCUT2D eigenvalue weighted by Crippen LogP contribution is 2.35. The van der Waals surface area contributed by atoms with E-state index in [-0.39, 0.29) is 0 Å². The molecule has 1 heterocycles. The first-order valence-electron chi connectivity index (χ1n) is 7.91. The maximum absolute atomic E-state index is 5.51. The van der Waals surface area contributed by atoms with Gasteiger partial charge in [0, 0.05) is 6.04 Å². The van der Waals surface area contributed by atoms with Crippen molar-refractivity contribution in [2.45, 2.75) is 39.0 Å². The number of hydrogen-bond donors (Lipinski definition) is 1. The smallest absolute Gasteiger partial charge is 0.0725 e. The van der Waals surface area contributed by atoms with Crippen LogP contribution in [0.3, 0.4) is 0 Å². The van der Waals surface area contributed by atoms with E-state index in [0.29, 0.717) is 6.04 Å². The summed E-state index contributed by atoms with van der Waals surface area (Å²) in [6, 6.07) is 14.2. The first-order valence-corrected chi connectivity index (χ1v) is 7.91. The van der Waals surface area contributed by atoms with Gasteiger partial charge in [0.2, 0.25) is 0 Å². The maximum atomic E-state index is 5.51. The van der Waals surface area contributed by atoms with E-state index in [9.17, 15) is 0 Å². The zero-order valence-electron chi connectivity index (χ0n) is 12.5. The fraction of sp³-hybridized carbons (Fsp3) is 0.368. The Morgan fingerprint density at radius 1 is 1.00 bits per heavy atom. The van der Waals surface area contributed by atoms with Crippen LogP contribution in [0, 0.1) is 0 Å². The van der Waals surface area contributed by atoms with E-state index in [1.54, 1.807) is 0 Å². The van der Waals surface area contributed by atoms with Gasteiger partial charge in [0.05, 0.1) is 13.2 Å². The Morgan fingerprint density at radius 3 is 2.62 bits per heavy atom. The highest BCUT2D eigenvalue weighted by molar-refractivity contribution is 5.67. The van der Waals surface area contributed by atoms with E-state index < -0.39 is 0 Å².